The van der Waals surface area contributed by atoms with E-state index < -0.39 is 13.0 Å². The highest BCUT2D eigenvalue weighted by molar-refractivity contribution is 5.23. The van der Waals surface area contributed by atoms with Gasteiger partial charge in [-0.15, -0.1) is 13.2 Å². The van der Waals surface area contributed by atoms with Crippen LogP contribution >= 0.6 is 0 Å². The van der Waals surface area contributed by atoms with Crippen LogP contribution in [0.2, 0.25) is 0 Å². The van der Waals surface area contributed by atoms with Crippen LogP contribution in [0.4, 0.5) is 13.2 Å². The lowest BCUT2D eigenvalue weighted by Gasteiger charge is -2.08. The Morgan fingerprint density at radius 3 is 2.44 bits per heavy atom. The van der Waals surface area contributed by atoms with E-state index in [4.69, 9.17) is 5.11 Å². The van der Waals surface area contributed by atoms with Gasteiger partial charge in [0.25, 0.3) is 0 Å². The number of aliphatic hydroxyl groups is 1. The molecule has 0 saturated carbocycles. The van der Waals surface area contributed by atoms with Crippen molar-refractivity contribution in [1.82, 2.24) is 9.78 Å². The third kappa shape index (κ3) is 3.21. The summed E-state index contributed by atoms with van der Waals surface area (Å²) in [4.78, 5) is 0. The van der Waals surface area contributed by atoms with Gasteiger partial charge in [-0.2, -0.15) is 5.10 Å². The molecule has 0 bridgehead atoms. The number of hydrogen-bond donors (Lipinski definition) is 1. The molecule has 0 radical (unpaired) electrons. The average Bonchev–Trinajstić information content (AvgIpc) is 2.40. The lowest BCUT2D eigenvalue weighted by molar-refractivity contribution is -0.325. The molecule has 0 aliphatic rings. The Hall–Kier alpha value is -1.08. The van der Waals surface area contributed by atoms with E-state index in [1.54, 1.807) is 13.8 Å². The second-order valence-electron chi connectivity index (χ2n) is 3.32. The number of hydrogen-bond acceptors (Lipinski definition) is 3. The highest BCUT2D eigenvalue weighted by Gasteiger charge is 2.28. The highest BCUT2D eigenvalue weighted by Crippen LogP contribution is 2.17. The maximum atomic E-state index is 11.7. The molecule has 0 fully saturated rings. The van der Waals surface area contributed by atoms with E-state index in [2.05, 4.69) is 9.84 Å². The first kappa shape index (κ1) is 13.0. The zero-order valence-electron chi connectivity index (χ0n) is 9.01. The second kappa shape index (κ2) is 4.84. The van der Waals surface area contributed by atoms with Gasteiger partial charge in [0.05, 0.1) is 25.5 Å². The van der Waals surface area contributed by atoms with E-state index in [9.17, 15) is 13.2 Å². The fourth-order valence-electron chi connectivity index (χ4n) is 1.43. The molecule has 0 aliphatic heterocycles. The van der Waals surface area contributed by atoms with Gasteiger partial charge in [-0.05, 0) is 13.8 Å². The first-order valence-corrected chi connectivity index (χ1v) is 4.69. The molecule has 0 spiro atoms. The summed E-state index contributed by atoms with van der Waals surface area (Å²) in [6.45, 7) is 2.74. The van der Waals surface area contributed by atoms with Gasteiger partial charge >= 0.3 is 6.36 Å². The summed E-state index contributed by atoms with van der Waals surface area (Å²) in [5.74, 6) is 0. The van der Waals surface area contributed by atoms with E-state index in [0.29, 0.717) is 17.0 Å². The average molecular weight is 238 g/mol. The maximum absolute atomic E-state index is 11.7. The Balaban J connectivity index is 2.61. The summed E-state index contributed by atoms with van der Waals surface area (Å²) in [6, 6.07) is 0. The zero-order chi connectivity index (χ0) is 12.3. The number of nitrogens with zero attached hydrogens (tertiary/aromatic N) is 2. The number of rotatable bonds is 4. The van der Waals surface area contributed by atoms with Gasteiger partial charge in [0, 0.05) is 11.3 Å². The van der Waals surface area contributed by atoms with Crippen LogP contribution < -0.4 is 0 Å². The Morgan fingerprint density at radius 1 is 1.38 bits per heavy atom. The SMILES string of the molecule is Cc1nn(CCOC(F)(F)F)c(C)c1CO. The van der Waals surface area contributed by atoms with Gasteiger partial charge in [0.15, 0.2) is 0 Å². The largest absolute Gasteiger partial charge is 0.522 e. The van der Waals surface area contributed by atoms with Crippen molar-refractivity contribution in [2.45, 2.75) is 33.4 Å². The summed E-state index contributed by atoms with van der Waals surface area (Å²) >= 11 is 0. The van der Waals surface area contributed by atoms with Gasteiger partial charge in [-0.3, -0.25) is 9.42 Å². The van der Waals surface area contributed by atoms with Crippen LogP contribution in [0.3, 0.4) is 0 Å². The van der Waals surface area contributed by atoms with Gasteiger partial charge in [0.1, 0.15) is 0 Å². The Bertz CT molecular complexity index is 360. The van der Waals surface area contributed by atoms with Crippen molar-refractivity contribution in [3.05, 3.63) is 17.0 Å². The van der Waals surface area contributed by atoms with E-state index >= 15 is 0 Å². The molecule has 0 aromatic carbocycles. The molecular formula is C9H13F3N2O2. The van der Waals surface area contributed by atoms with Crippen LogP contribution in [0.25, 0.3) is 0 Å². The number of halogens is 3. The summed E-state index contributed by atoms with van der Waals surface area (Å²) in [5.41, 5.74) is 1.92. The second-order valence-corrected chi connectivity index (χ2v) is 3.32. The van der Waals surface area contributed by atoms with E-state index in [1.807, 2.05) is 0 Å². The van der Waals surface area contributed by atoms with Crippen molar-refractivity contribution in [1.29, 1.82) is 0 Å². The summed E-state index contributed by atoms with van der Waals surface area (Å²) in [6.07, 6.45) is -4.62. The van der Waals surface area contributed by atoms with Crippen LogP contribution in [-0.4, -0.2) is 27.9 Å². The van der Waals surface area contributed by atoms with Gasteiger partial charge in [-0.1, -0.05) is 0 Å². The molecule has 1 rings (SSSR count). The van der Waals surface area contributed by atoms with Gasteiger partial charge < -0.3 is 5.11 Å². The van der Waals surface area contributed by atoms with E-state index in [0.717, 1.165) is 0 Å². The van der Waals surface area contributed by atoms with E-state index in [1.165, 1.54) is 4.68 Å². The van der Waals surface area contributed by atoms with E-state index in [-0.39, 0.29) is 13.2 Å². The minimum Gasteiger partial charge on any atom is -0.392 e. The first-order chi connectivity index (χ1) is 7.35. The molecule has 0 saturated heterocycles. The smallest absolute Gasteiger partial charge is 0.392 e. The Labute approximate surface area is 90.6 Å². The van der Waals surface area contributed by atoms with Crippen LogP contribution in [0.1, 0.15) is 17.0 Å². The molecular weight excluding hydrogens is 225 g/mol. The third-order valence-electron chi connectivity index (χ3n) is 2.26. The fraction of sp³-hybridized carbons (Fsp3) is 0.667. The van der Waals surface area contributed by atoms with Crippen molar-refractivity contribution in [2.24, 2.45) is 0 Å². The third-order valence-corrected chi connectivity index (χ3v) is 2.26. The highest BCUT2D eigenvalue weighted by atomic mass is 19.4. The van der Waals surface area contributed by atoms with Crippen LogP contribution in [-0.2, 0) is 17.9 Å². The number of alkyl halides is 3. The van der Waals surface area contributed by atoms with Crippen molar-refractivity contribution in [2.75, 3.05) is 6.61 Å². The van der Waals surface area contributed by atoms with Crippen molar-refractivity contribution < 1.29 is 23.0 Å². The predicted molar refractivity (Wildman–Crippen MR) is 49.6 cm³/mol. The number of aliphatic hydroxyl groups excluding tert-OH is 1. The molecule has 16 heavy (non-hydrogen) atoms. The molecule has 92 valence electrons. The topological polar surface area (TPSA) is 47.3 Å². The quantitative estimate of drug-likeness (QED) is 0.865. The molecule has 0 unspecified atom stereocenters. The lowest BCUT2D eigenvalue weighted by Crippen LogP contribution is -2.18. The standard InChI is InChI=1S/C9H13F3N2O2/c1-6-8(5-15)7(2)14(13-6)3-4-16-9(10,11)12/h15H,3-5H2,1-2H3. The lowest BCUT2D eigenvalue weighted by atomic mass is 10.2. The molecule has 0 atom stereocenters. The first-order valence-electron chi connectivity index (χ1n) is 4.69. The maximum Gasteiger partial charge on any atom is 0.522 e. The van der Waals surface area contributed by atoms with Crippen molar-refractivity contribution in [3.8, 4) is 0 Å². The van der Waals surface area contributed by atoms with Gasteiger partial charge in [-0.25, -0.2) is 0 Å². The molecule has 4 nitrogen and oxygen atoms in total. The molecule has 0 aliphatic carbocycles. The fourth-order valence-corrected chi connectivity index (χ4v) is 1.43. The molecule has 1 aromatic rings. The number of ether oxygens (including phenoxy) is 1. The van der Waals surface area contributed by atoms with Crippen molar-refractivity contribution >= 4 is 0 Å². The minimum atomic E-state index is -4.62. The zero-order valence-corrected chi connectivity index (χ0v) is 9.01. The van der Waals surface area contributed by atoms with Gasteiger partial charge in [0.2, 0.25) is 0 Å². The number of aromatic nitrogens is 2. The van der Waals surface area contributed by atoms with Crippen LogP contribution in [0.5, 0.6) is 0 Å². The Kier molecular flexibility index (Phi) is 3.93. The van der Waals surface area contributed by atoms with Crippen molar-refractivity contribution in [3.63, 3.8) is 0 Å². The Morgan fingerprint density at radius 2 is 2.00 bits per heavy atom. The summed E-state index contributed by atoms with van der Waals surface area (Å²) in [7, 11) is 0. The predicted octanol–water partition coefficient (Wildman–Crippen LogP) is 1.53. The molecule has 1 N–H and O–H groups in total. The van der Waals surface area contributed by atoms with Crippen LogP contribution in [0.15, 0.2) is 0 Å². The summed E-state index contributed by atoms with van der Waals surface area (Å²) in [5, 5.41) is 13.0. The molecule has 0 amide bonds. The normalized spacial score (nSPS) is 12.1. The molecule has 7 heteroatoms. The molecule has 1 aromatic heterocycles. The minimum absolute atomic E-state index is 0.00613. The monoisotopic (exact) mass is 238 g/mol. The molecule has 1 heterocycles. The summed E-state index contributed by atoms with van der Waals surface area (Å²) < 4.78 is 40.2. The van der Waals surface area contributed by atoms with Crippen LogP contribution in [0, 0.1) is 13.8 Å². The number of aryl methyl sites for hydroxylation is 1.